The van der Waals surface area contributed by atoms with Gasteiger partial charge in [-0.25, -0.2) is 0 Å². The number of rotatable bonds is 2. The molecule has 0 unspecified atom stereocenters. The summed E-state index contributed by atoms with van der Waals surface area (Å²) < 4.78 is 2.70. The zero-order valence-corrected chi connectivity index (χ0v) is 12.7. The normalized spacial score (nSPS) is 12.5. The van der Waals surface area contributed by atoms with Crippen LogP contribution in [0, 0.1) is 0 Å². The quantitative estimate of drug-likeness (QED) is 0.673. The molecule has 3 heterocycles. The Morgan fingerprint density at radius 1 is 1.38 bits per heavy atom. The van der Waals surface area contributed by atoms with Crippen LogP contribution in [0.3, 0.4) is 0 Å². The van der Waals surface area contributed by atoms with Gasteiger partial charge >= 0.3 is 0 Å². The van der Waals surface area contributed by atoms with E-state index in [2.05, 4.69) is 20.4 Å². The molecule has 3 aromatic rings. The third-order valence-electron chi connectivity index (χ3n) is 2.86. The lowest BCUT2D eigenvalue weighted by atomic mass is 9.93. The SMILES string of the molecule is CC(C)(C)c1nn2cnnc2n(/N=C/c2cccs2)c1=O. The molecular weight excluding hydrogens is 288 g/mol. The topological polar surface area (TPSA) is 77.4 Å². The lowest BCUT2D eigenvalue weighted by Gasteiger charge is -2.16. The second kappa shape index (κ2) is 4.88. The standard InChI is InChI=1S/C13H14N6OS/c1-13(2,3)10-11(20)19(12-16-14-8-18(12)17-10)15-7-9-5-4-6-21-9/h4-8H,1-3H3/b15-7+. The van der Waals surface area contributed by atoms with Crippen LogP contribution in [0.5, 0.6) is 0 Å². The maximum Gasteiger partial charge on any atom is 0.298 e. The molecule has 0 aliphatic rings. The van der Waals surface area contributed by atoms with Crippen molar-refractivity contribution in [3.05, 3.63) is 44.8 Å². The zero-order chi connectivity index (χ0) is 15.0. The van der Waals surface area contributed by atoms with Gasteiger partial charge in [-0.1, -0.05) is 26.8 Å². The summed E-state index contributed by atoms with van der Waals surface area (Å²) in [6, 6.07) is 3.85. The molecule has 21 heavy (non-hydrogen) atoms. The lowest BCUT2D eigenvalue weighted by molar-refractivity contribution is 0.529. The molecule has 3 aromatic heterocycles. The number of hydrogen-bond donors (Lipinski definition) is 0. The monoisotopic (exact) mass is 302 g/mol. The maximum absolute atomic E-state index is 12.6. The smallest absolute Gasteiger partial charge is 0.265 e. The summed E-state index contributed by atoms with van der Waals surface area (Å²) in [7, 11) is 0. The summed E-state index contributed by atoms with van der Waals surface area (Å²) in [5.41, 5.74) is -0.260. The summed E-state index contributed by atoms with van der Waals surface area (Å²) in [6.07, 6.45) is 3.09. The van der Waals surface area contributed by atoms with Gasteiger partial charge in [0, 0.05) is 10.3 Å². The predicted molar refractivity (Wildman–Crippen MR) is 81.1 cm³/mol. The van der Waals surface area contributed by atoms with Crippen LogP contribution < -0.4 is 5.56 Å². The van der Waals surface area contributed by atoms with E-state index >= 15 is 0 Å². The molecule has 7 nitrogen and oxygen atoms in total. The summed E-state index contributed by atoms with van der Waals surface area (Å²) in [6.45, 7) is 5.79. The molecule has 3 rings (SSSR count). The maximum atomic E-state index is 12.6. The Bertz CT molecular complexity index is 853. The Balaban J connectivity index is 2.22. The van der Waals surface area contributed by atoms with E-state index in [1.807, 2.05) is 38.3 Å². The minimum Gasteiger partial charge on any atom is -0.265 e. The summed E-state index contributed by atoms with van der Waals surface area (Å²) >= 11 is 1.54. The van der Waals surface area contributed by atoms with E-state index in [0.717, 1.165) is 4.88 Å². The van der Waals surface area contributed by atoms with Crippen molar-refractivity contribution in [1.29, 1.82) is 0 Å². The van der Waals surface area contributed by atoms with Crippen LogP contribution in [-0.4, -0.2) is 30.7 Å². The van der Waals surface area contributed by atoms with E-state index in [1.54, 1.807) is 17.6 Å². The molecule has 0 aromatic carbocycles. The third kappa shape index (κ3) is 2.49. The van der Waals surface area contributed by atoms with Gasteiger partial charge in [0.2, 0.25) is 0 Å². The van der Waals surface area contributed by atoms with Gasteiger partial charge in [-0.3, -0.25) is 4.79 Å². The van der Waals surface area contributed by atoms with Crippen LogP contribution in [0.4, 0.5) is 0 Å². The first-order valence-electron chi connectivity index (χ1n) is 6.38. The number of thiophene rings is 1. The van der Waals surface area contributed by atoms with Gasteiger partial charge in [0.25, 0.3) is 11.3 Å². The fraction of sp³-hybridized carbons (Fsp3) is 0.308. The molecule has 0 atom stereocenters. The Morgan fingerprint density at radius 2 is 2.19 bits per heavy atom. The number of fused-ring (bicyclic) bond motifs is 1. The van der Waals surface area contributed by atoms with Gasteiger partial charge in [-0.15, -0.1) is 21.5 Å². The Kier molecular flexibility index (Phi) is 3.17. The minimum absolute atomic E-state index is 0.282. The Hall–Kier alpha value is -2.35. The molecule has 0 aliphatic heterocycles. The average Bonchev–Trinajstić information content (AvgIpc) is 3.06. The third-order valence-corrected chi connectivity index (χ3v) is 3.67. The summed E-state index contributed by atoms with van der Waals surface area (Å²) in [5.74, 6) is 0.292. The van der Waals surface area contributed by atoms with Crippen molar-refractivity contribution >= 4 is 23.3 Å². The first-order chi connectivity index (χ1) is 9.97. The van der Waals surface area contributed by atoms with Crippen molar-refractivity contribution in [3.8, 4) is 0 Å². The second-order valence-corrected chi connectivity index (χ2v) is 6.53. The second-order valence-electron chi connectivity index (χ2n) is 5.55. The molecular formula is C13H14N6OS. The van der Waals surface area contributed by atoms with Gasteiger partial charge in [0.15, 0.2) is 0 Å². The molecule has 8 heteroatoms. The predicted octanol–water partition coefficient (Wildman–Crippen LogP) is 1.53. The van der Waals surface area contributed by atoms with Crippen molar-refractivity contribution in [1.82, 2.24) is 24.5 Å². The molecule has 0 fully saturated rings. The van der Waals surface area contributed by atoms with Crippen molar-refractivity contribution in [2.75, 3.05) is 0 Å². The molecule has 0 aliphatic carbocycles. The van der Waals surface area contributed by atoms with Crippen LogP contribution in [0.15, 0.2) is 33.7 Å². The lowest BCUT2D eigenvalue weighted by Crippen LogP contribution is -2.32. The number of hydrogen-bond acceptors (Lipinski definition) is 6. The van der Waals surface area contributed by atoms with Crippen molar-refractivity contribution in [2.24, 2.45) is 5.10 Å². The van der Waals surface area contributed by atoms with E-state index in [1.165, 1.54) is 15.5 Å². The first-order valence-corrected chi connectivity index (χ1v) is 7.26. The Morgan fingerprint density at radius 3 is 2.86 bits per heavy atom. The van der Waals surface area contributed by atoms with E-state index in [9.17, 15) is 4.79 Å². The van der Waals surface area contributed by atoms with E-state index < -0.39 is 5.41 Å². The van der Waals surface area contributed by atoms with E-state index in [0.29, 0.717) is 11.5 Å². The van der Waals surface area contributed by atoms with Crippen LogP contribution in [0.1, 0.15) is 31.3 Å². The first kappa shape index (κ1) is 13.6. The fourth-order valence-electron chi connectivity index (χ4n) is 1.83. The van der Waals surface area contributed by atoms with Crippen LogP contribution in [-0.2, 0) is 5.41 Å². The van der Waals surface area contributed by atoms with Gasteiger partial charge in [-0.05, 0) is 11.4 Å². The molecule has 0 saturated carbocycles. The highest BCUT2D eigenvalue weighted by Gasteiger charge is 2.23. The van der Waals surface area contributed by atoms with Crippen molar-refractivity contribution in [3.63, 3.8) is 0 Å². The number of nitrogens with zero attached hydrogens (tertiary/aromatic N) is 6. The van der Waals surface area contributed by atoms with E-state index in [-0.39, 0.29) is 5.56 Å². The highest BCUT2D eigenvalue weighted by Crippen LogP contribution is 2.16. The van der Waals surface area contributed by atoms with Crippen LogP contribution in [0.2, 0.25) is 0 Å². The highest BCUT2D eigenvalue weighted by atomic mass is 32.1. The minimum atomic E-state index is -0.393. The molecule has 0 amide bonds. The molecule has 0 bridgehead atoms. The molecule has 0 radical (unpaired) electrons. The Labute approximate surface area is 124 Å². The van der Waals surface area contributed by atoms with Gasteiger partial charge < -0.3 is 0 Å². The average molecular weight is 302 g/mol. The van der Waals surface area contributed by atoms with Crippen LogP contribution in [0.25, 0.3) is 5.78 Å². The molecule has 0 saturated heterocycles. The summed E-state index contributed by atoms with van der Waals surface area (Å²) in [5, 5.41) is 18.2. The molecule has 0 spiro atoms. The van der Waals surface area contributed by atoms with Gasteiger partial charge in [0.05, 0.1) is 6.21 Å². The zero-order valence-electron chi connectivity index (χ0n) is 11.9. The fourth-order valence-corrected chi connectivity index (χ4v) is 2.41. The number of aromatic nitrogens is 5. The van der Waals surface area contributed by atoms with Crippen molar-refractivity contribution < 1.29 is 0 Å². The largest absolute Gasteiger partial charge is 0.298 e. The summed E-state index contributed by atoms with van der Waals surface area (Å²) in [4.78, 5) is 13.5. The highest BCUT2D eigenvalue weighted by molar-refractivity contribution is 7.11. The van der Waals surface area contributed by atoms with Crippen molar-refractivity contribution in [2.45, 2.75) is 26.2 Å². The van der Waals surface area contributed by atoms with Crippen LogP contribution >= 0.6 is 11.3 Å². The van der Waals surface area contributed by atoms with E-state index in [4.69, 9.17) is 0 Å². The molecule has 108 valence electrons. The van der Waals surface area contributed by atoms with Gasteiger partial charge in [-0.2, -0.15) is 19.4 Å². The van der Waals surface area contributed by atoms with Gasteiger partial charge in [0.1, 0.15) is 12.0 Å². The molecule has 0 N–H and O–H groups in total.